The molecule has 0 N–H and O–H groups in total. The molecule has 0 bridgehead atoms. The molecular formula is C21H26N2O4S. The van der Waals surface area contributed by atoms with E-state index in [-0.39, 0.29) is 12.0 Å². The second-order valence-corrected chi connectivity index (χ2v) is 7.70. The Morgan fingerprint density at radius 3 is 2.54 bits per heavy atom. The molecule has 2 amide bonds. The lowest BCUT2D eigenvalue weighted by Gasteiger charge is -2.33. The van der Waals surface area contributed by atoms with Crippen molar-refractivity contribution in [2.75, 3.05) is 32.8 Å². The van der Waals surface area contributed by atoms with Crippen LogP contribution in [0.25, 0.3) is 0 Å². The zero-order chi connectivity index (χ0) is 20.1. The number of amides is 2. The van der Waals surface area contributed by atoms with Crippen molar-refractivity contribution in [1.29, 1.82) is 0 Å². The van der Waals surface area contributed by atoms with Crippen LogP contribution in [-0.4, -0.2) is 54.6 Å². The van der Waals surface area contributed by atoms with E-state index in [4.69, 9.17) is 9.47 Å². The first-order chi connectivity index (χ1) is 13.5. The molecule has 7 heteroatoms. The quantitative estimate of drug-likeness (QED) is 0.762. The summed E-state index contributed by atoms with van der Waals surface area (Å²) in [6, 6.07) is 7.90. The van der Waals surface area contributed by atoms with Crippen molar-refractivity contribution in [2.24, 2.45) is 0 Å². The van der Waals surface area contributed by atoms with Gasteiger partial charge in [0.1, 0.15) is 12.4 Å². The van der Waals surface area contributed by atoms with Gasteiger partial charge in [0.2, 0.25) is 0 Å². The predicted molar refractivity (Wildman–Crippen MR) is 109 cm³/mol. The third-order valence-electron chi connectivity index (χ3n) is 4.91. The summed E-state index contributed by atoms with van der Waals surface area (Å²) in [5, 5.41) is 1.97. The van der Waals surface area contributed by atoms with Crippen LogP contribution < -0.4 is 4.74 Å². The number of rotatable bonds is 5. The number of hydrogen-bond donors (Lipinski definition) is 0. The summed E-state index contributed by atoms with van der Waals surface area (Å²) in [5.41, 5.74) is 3.31. The number of aryl methyl sites for hydroxylation is 1. The Hall–Kier alpha value is -2.54. The van der Waals surface area contributed by atoms with E-state index in [1.807, 2.05) is 30.5 Å². The minimum Gasteiger partial charge on any atom is -0.489 e. The molecule has 1 aromatic carbocycles. The van der Waals surface area contributed by atoms with Gasteiger partial charge in [-0.2, -0.15) is 0 Å². The van der Waals surface area contributed by atoms with Gasteiger partial charge in [-0.05, 0) is 49.4 Å². The molecule has 0 radical (unpaired) electrons. The van der Waals surface area contributed by atoms with Crippen molar-refractivity contribution in [3.05, 3.63) is 51.2 Å². The van der Waals surface area contributed by atoms with E-state index in [2.05, 4.69) is 13.0 Å². The van der Waals surface area contributed by atoms with Gasteiger partial charge in [-0.25, -0.2) is 4.79 Å². The molecule has 1 aliphatic heterocycles. The zero-order valence-corrected chi connectivity index (χ0v) is 17.4. The first kappa shape index (κ1) is 20.2. The lowest BCUT2D eigenvalue weighted by atomic mass is 10.1. The summed E-state index contributed by atoms with van der Waals surface area (Å²) in [7, 11) is 0. The summed E-state index contributed by atoms with van der Waals surface area (Å²) in [6.07, 6.45) is -0.309. The fraction of sp³-hybridized carbons (Fsp3) is 0.429. The summed E-state index contributed by atoms with van der Waals surface area (Å²) >= 11 is 1.43. The molecule has 0 atom stereocenters. The molecule has 1 fully saturated rings. The van der Waals surface area contributed by atoms with Crippen molar-refractivity contribution in [3.8, 4) is 5.75 Å². The molecule has 2 heterocycles. The van der Waals surface area contributed by atoms with Crippen LogP contribution >= 0.6 is 11.3 Å². The van der Waals surface area contributed by atoms with Crippen LogP contribution in [0.15, 0.2) is 29.6 Å². The fourth-order valence-electron chi connectivity index (χ4n) is 3.07. The summed E-state index contributed by atoms with van der Waals surface area (Å²) in [5.74, 6) is 0.876. The molecule has 3 rings (SSSR count). The number of hydrogen-bond acceptors (Lipinski definition) is 5. The first-order valence-corrected chi connectivity index (χ1v) is 10.3. The number of ether oxygens (including phenoxy) is 2. The van der Waals surface area contributed by atoms with Gasteiger partial charge in [0.25, 0.3) is 5.91 Å². The highest BCUT2D eigenvalue weighted by atomic mass is 32.1. The Labute approximate surface area is 169 Å². The molecule has 0 aliphatic carbocycles. The van der Waals surface area contributed by atoms with E-state index in [0.717, 1.165) is 16.9 Å². The smallest absolute Gasteiger partial charge is 0.409 e. The standard InChI is InChI=1S/C21H26N2O4S/c1-4-26-21(25)23-10-8-22(9-11-23)20(24)19-12-17(14-28-19)13-27-18-7-5-6-15(2)16(18)3/h5-7,12,14H,4,8-11,13H2,1-3H3. The Morgan fingerprint density at radius 2 is 1.82 bits per heavy atom. The van der Waals surface area contributed by atoms with Gasteiger partial charge in [-0.1, -0.05) is 12.1 Å². The number of carbonyl (C=O) groups excluding carboxylic acids is 2. The maximum atomic E-state index is 12.7. The largest absolute Gasteiger partial charge is 0.489 e. The molecule has 0 spiro atoms. The van der Waals surface area contributed by atoms with Crippen LogP contribution in [0, 0.1) is 13.8 Å². The fourth-order valence-corrected chi connectivity index (χ4v) is 3.93. The number of thiophene rings is 1. The van der Waals surface area contributed by atoms with Gasteiger partial charge in [0.15, 0.2) is 0 Å². The van der Waals surface area contributed by atoms with Crippen LogP contribution in [0.4, 0.5) is 4.79 Å². The summed E-state index contributed by atoms with van der Waals surface area (Å²) in [4.78, 5) is 28.7. The Bertz CT molecular complexity index is 841. The maximum absolute atomic E-state index is 12.7. The number of piperazine rings is 1. The van der Waals surface area contributed by atoms with E-state index < -0.39 is 0 Å². The molecule has 2 aromatic rings. The van der Waals surface area contributed by atoms with E-state index in [9.17, 15) is 9.59 Å². The van der Waals surface area contributed by atoms with Crippen LogP contribution in [0.3, 0.4) is 0 Å². The SMILES string of the molecule is CCOC(=O)N1CCN(C(=O)c2cc(COc3cccc(C)c3C)cs2)CC1. The minimum atomic E-state index is -0.309. The number of benzene rings is 1. The molecule has 0 saturated carbocycles. The molecule has 0 unspecified atom stereocenters. The lowest BCUT2D eigenvalue weighted by Crippen LogP contribution is -2.50. The summed E-state index contributed by atoms with van der Waals surface area (Å²) in [6.45, 7) is 8.72. The zero-order valence-electron chi connectivity index (χ0n) is 16.6. The Balaban J connectivity index is 1.54. The maximum Gasteiger partial charge on any atom is 0.409 e. The van der Waals surface area contributed by atoms with Gasteiger partial charge in [0, 0.05) is 31.7 Å². The highest BCUT2D eigenvalue weighted by Gasteiger charge is 2.26. The highest BCUT2D eigenvalue weighted by molar-refractivity contribution is 7.12. The number of carbonyl (C=O) groups is 2. The Morgan fingerprint density at radius 1 is 1.11 bits per heavy atom. The van der Waals surface area contributed by atoms with Gasteiger partial charge < -0.3 is 19.3 Å². The van der Waals surface area contributed by atoms with Gasteiger partial charge in [-0.3, -0.25) is 4.79 Å². The van der Waals surface area contributed by atoms with E-state index in [1.165, 1.54) is 16.9 Å². The third kappa shape index (κ3) is 4.65. The molecule has 6 nitrogen and oxygen atoms in total. The Kier molecular flexibility index (Phi) is 6.57. The normalized spacial score (nSPS) is 14.1. The minimum absolute atomic E-state index is 0.00601. The number of nitrogens with zero attached hydrogens (tertiary/aromatic N) is 2. The molecule has 1 aromatic heterocycles. The second-order valence-electron chi connectivity index (χ2n) is 6.78. The van der Waals surface area contributed by atoms with Gasteiger partial charge in [0.05, 0.1) is 11.5 Å². The molecule has 150 valence electrons. The molecule has 1 aliphatic rings. The van der Waals surface area contributed by atoms with Crippen LogP contribution in [-0.2, 0) is 11.3 Å². The highest BCUT2D eigenvalue weighted by Crippen LogP contribution is 2.24. The van der Waals surface area contributed by atoms with Crippen LogP contribution in [0.2, 0.25) is 0 Å². The van der Waals surface area contributed by atoms with E-state index in [0.29, 0.717) is 44.3 Å². The van der Waals surface area contributed by atoms with Crippen molar-refractivity contribution in [3.63, 3.8) is 0 Å². The third-order valence-corrected chi connectivity index (χ3v) is 5.87. The molecule has 28 heavy (non-hydrogen) atoms. The van der Waals surface area contributed by atoms with Crippen molar-refractivity contribution >= 4 is 23.3 Å². The first-order valence-electron chi connectivity index (χ1n) is 9.47. The average molecular weight is 403 g/mol. The van der Waals surface area contributed by atoms with Gasteiger partial charge in [-0.15, -0.1) is 11.3 Å². The monoisotopic (exact) mass is 402 g/mol. The topological polar surface area (TPSA) is 59.1 Å². The van der Waals surface area contributed by atoms with E-state index in [1.54, 1.807) is 16.7 Å². The van der Waals surface area contributed by atoms with Crippen LogP contribution in [0.1, 0.15) is 33.3 Å². The van der Waals surface area contributed by atoms with Crippen molar-refractivity contribution < 1.29 is 19.1 Å². The van der Waals surface area contributed by atoms with Crippen molar-refractivity contribution in [1.82, 2.24) is 9.80 Å². The lowest BCUT2D eigenvalue weighted by molar-refractivity contribution is 0.0574. The van der Waals surface area contributed by atoms with Gasteiger partial charge >= 0.3 is 6.09 Å². The van der Waals surface area contributed by atoms with Crippen LogP contribution in [0.5, 0.6) is 5.75 Å². The molecular weight excluding hydrogens is 376 g/mol. The van der Waals surface area contributed by atoms with E-state index >= 15 is 0 Å². The second kappa shape index (κ2) is 9.10. The predicted octanol–water partition coefficient (Wildman–Crippen LogP) is 3.86. The summed E-state index contributed by atoms with van der Waals surface area (Å²) < 4.78 is 10.9. The van der Waals surface area contributed by atoms with Crippen molar-refractivity contribution in [2.45, 2.75) is 27.4 Å². The average Bonchev–Trinajstić information content (AvgIpc) is 3.18. The molecule has 1 saturated heterocycles.